The van der Waals surface area contributed by atoms with Crippen LogP contribution in [0.2, 0.25) is 0 Å². The van der Waals surface area contributed by atoms with Gasteiger partial charge in [0, 0.05) is 6.54 Å². The second-order valence-corrected chi connectivity index (χ2v) is 4.49. The van der Waals surface area contributed by atoms with Crippen molar-refractivity contribution < 1.29 is 9.66 Å². The summed E-state index contributed by atoms with van der Waals surface area (Å²) in [6.07, 6.45) is 2.05. The molecule has 110 valence electrons. The maximum atomic E-state index is 11.0. The number of rotatable bonds is 6. The van der Waals surface area contributed by atoms with Crippen LogP contribution in [-0.2, 0) is 0 Å². The van der Waals surface area contributed by atoms with Crippen molar-refractivity contribution in [2.45, 2.75) is 20.3 Å². The maximum absolute atomic E-state index is 11.0. The van der Waals surface area contributed by atoms with Crippen LogP contribution in [0.5, 0.6) is 11.6 Å². The molecule has 0 aliphatic heterocycles. The Morgan fingerprint density at radius 2 is 2.24 bits per heavy atom. The first kappa shape index (κ1) is 14.7. The van der Waals surface area contributed by atoms with Gasteiger partial charge in [-0.05, 0) is 31.0 Å². The lowest BCUT2D eigenvalue weighted by molar-refractivity contribution is -0.386. The minimum absolute atomic E-state index is 0.0702. The highest BCUT2D eigenvalue weighted by molar-refractivity contribution is 5.45. The number of benzene rings is 1. The Morgan fingerprint density at radius 1 is 1.43 bits per heavy atom. The number of nitrogens with one attached hydrogen (secondary N) is 1. The zero-order valence-electron chi connectivity index (χ0n) is 11.9. The third kappa shape index (κ3) is 3.88. The molecule has 0 fully saturated rings. The van der Waals surface area contributed by atoms with Crippen LogP contribution in [0, 0.1) is 17.0 Å². The molecule has 2 rings (SSSR count). The lowest BCUT2D eigenvalue weighted by atomic mass is 10.2. The van der Waals surface area contributed by atoms with Crippen LogP contribution in [0.4, 0.5) is 11.6 Å². The zero-order chi connectivity index (χ0) is 15.2. The zero-order valence-corrected chi connectivity index (χ0v) is 11.9. The molecule has 0 amide bonds. The molecular weight excluding hydrogens is 272 g/mol. The Morgan fingerprint density at radius 3 is 2.90 bits per heavy atom. The fourth-order valence-electron chi connectivity index (χ4n) is 1.67. The molecule has 7 heteroatoms. The normalized spacial score (nSPS) is 10.2. The van der Waals surface area contributed by atoms with Gasteiger partial charge in [-0.15, -0.1) is 0 Å². The smallest absolute Gasteiger partial charge is 0.349 e. The second-order valence-electron chi connectivity index (χ2n) is 4.49. The van der Waals surface area contributed by atoms with E-state index in [2.05, 4.69) is 15.3 Å². The fourth-order valence-corrected chi connectivity index (χ4v) is 1.67. The summed E-state index contributed by atoms with van der Waals surface area (Å²) in [5.41, 5.74) is 0.729. The molecule has 1 N–H and O–H groups in total. The molecule has 0 aliphatic carbocycles. The third-order valence-electron chi connectivity index (χ3n) is 2.67. The van der Waals surface area contributed by atoms with Crippen molar-refractivity contribution >= 4 is 11.6 Å². The summed E-state index contributed by atoms with van der Waals surface area (Å²) in [7, 11) is 0. The molecule has 7 nitrogen and oxygen atoms in total. The summed E-state index contributed by atoms with van der Waals surface area (Å²) >= 11 is 0. The van der Waals surface area contributed by atoms with Crippen LogP contribution in [0.1, 0.15) is 18.9 Å². The van der Waals surface area contributed by atoms with E-state index < -0.39 is 4.92 Å². The molecule has 0 saturated heterocycles. The Kier molecular flexibility index (Phi) is 4.65. The van der Waals surface area contributed by atoms with Crippen molar-refractivity contribution in [1.82, 2.24) is 9.97 Å². The molecule has 2 aromatic rings. The van der Waals surface area contributed by atoms with Gasteiger partial charge in [0.25, 0.3) is 0 Å². The first-order valence-electron chi connectivity index (χ1n) is 6.60. The minimum Gasteiger partial charge on any atom is -0.434 e. The minimum atomic E-state index is -0.561. The van der Waals surface area contributed by atoms with E-state index >= 15 is 0 Å². The van der Waals surface area contributed by atoms with Crippen LogP contribution in [0.25, 0.3) is 0 Å². The molecule has 0 saturated carbocycles. The third-order valence-corrected chi connectivity index (χ3v) is 2.67. The molecule has 0 atom stereocenters. The van der Waals surface area contributed by atoms with Crippen LogP contribution in [0.15, 0.2) is 30.5 Å². The number of hydrogen-bond donors (Lipinski definition) is 1. The number of hydrogen-bond acceptors (Lipinski definition) is 6. The Hall–Kier alpha value is -2.70. The van der Waals surface area contributed by atoms with E-state index in [1.54, 1.807) is 12.1 Å². The van der Waals surface area contributed by atoms with E-state index in [-0.39, 0.29) is 11.6 Å². The van der Waals surface area contributed by atoms with Crippen LogP contribution in [0.3, 0.4) is 0 Å². The summed E-state index contributed by atoms with van der Waals surface area (Å²) < 4.78 is 5.54. The molecule has 0 aliphatic rings. The van der Waals surface area contributed by atoms with E-state index in [4.69, 9.17) is 4.74 Å². The molecule has 0 bridgehead atoms. The second kappa shape index (κ2) is 6.65. The number of anilines is 1. The van der Waals surface area contributed by atoms with Gasteiger partial charge in [0.15, 0.2) is 0 Å². The monoisotopic (exact) mass is 288 g/mol. The first-order chi connectivity index (χ1) is 10.1. The topological polar surface area (TPSA) is 90.2 Å². The van der Waals surface area contributed by atoms with Gasteiger partial charge in [-0.3, -0.25) is 10.1 Å². The van der Waals surface area contributed by atoms with Crippen molar-refractivity contribution in [3.05, 3.63) is 46.1 Å². The van der Waals surface area contributed by atoms with Crippen molar-refractivity contribution in [3.8, 4) is 11.6 Å². The average molecular weight is 288 g/mol. The molecule has 21 heavy (non-hydrogen) atoms. The van der Waals surface area contributed by atoms with Crippen molar-refractivity contribution in [1.29, 1.82) is 0 Å². The SMILES string of the molecule is CCCNc1ncc([N+](=O)[O-])c(Oc2cccc(C)c2)n1. The van der Waals surface area contributed by atoms with Gasteiger partial charge in [0.2, 0.25) is 5.95 Å². The van der Waals surface area contributed by atoms with Crippen molar-refractivity contribution in [3.63, 3.8) is 0 Å². The summed E-state index contributed by atoms with van der Waals surface area (Å²) in [4.78, 5) is 18.5. The van der Waals surface area contributed by atoms with Crippen LogP contribution >= 0.6 is 0 Å². The lowest BCUT2D eigenvalue weighted by Crippen LogP contribution is -2.06. The average Bonchev–Trinajstić information content (AvgIpc) is 2.45. The van der Waals surface area contributed by atoms with Gasteiger partial charge in [-0.2, -0.15) is 4.98 Å². The van der Waals surface area contributed by atoms with Crippen molar-refractivity contribution in [2.24, 2.45) is 0 Å². The lowest BCUT2D eigenvalue weighted by Gasteiger charge is -2.08. The Labute approximate surface area is 122 Å². The highest BCUT2D eigenvalue weighted by Gasteiger charge is 2.19. The first-order valence-corrected chi connectivity index (χ1v) is 6.60. The quantitative estimate of drug-likeness (QED) is 0.647. The van der Waals surface area contributed by atoms with Gasteiger partial charge in [0.05, 0.1) is 4.92 Å². The van der Waals surface area contributed by atoms with E-state index in [0.29, 0.717) is 18.2 Å². The molecular formula is C14H16N4O3. The summed E-state index contributed by atoms with van der Waals surface area (Å²) in [5.74, 6) is 0.738. The molecule has 0 radical (unpaired) electrons. The molecule has 1 heterocycles. The molecule has 1 aromatic heterocycles. The summed E-state index contributed by atoms with van der Waals surface area (Å²) in [6.45, 7) is 4.60. The number of ether oxygens (including phenoxy) is 1. The number of nitro groups is 1. The summed E-state index contributed by atoms with van der Waals surface area (Å²) in [6, 6.07) is 7.23. The summed E-state index contributed by atoms with van der Waals surface area (Å²) in [5, 5.41) is 14.0. The largest absolute Gasteiger partial charge is 0.434 e. The highest BCUT2D eigenvalue weighted by Crippen LogP contribution is 2.29. The van der Waals surface area contributed by atoms with E-state index in [9.17, 15) is 10.1 Å². The fraction of sp³-hybridized carbons (Fsp3) is 0.286. The van der Waals surface area contributed by atoms with Gasteiger partial charge in [-0.1, -0.05) is 19.1 Å². The standard InChI is InChI=1S/C14H16N4O3/c1-3-7-15-14-16-9-12(18(19)20)13(17-14)21-11-6-4-5-10(2)8-11/h4-6,8-9H,3,7H2,1-2H3,(H,15,16,17). The molecule has 0 spiro atoms. The Balaban J connectivity index is 2.31. The van der Waals surface area contributed by atoms with Crippen LogP contribution in [-0.4, -0.2) is 21.4 Å². The molecule has 1 aromatic carbocycles. The van der Waals surface area contributed by atoms with E-state index in [0.717, 1.165) is 18.2 Å². The molecule has 0 unspecified atom stereocenters. The van der Waals surface area contributed by atoms with E-state index in [1.165, 1.54) is 0 Å². The highest BCUT2D eigenvalue weighted by atomic mass is 16.6. The predicted molar refractivity (Wildman–Crippen MR) is 78.7 cm³/mol. The van der Waals surface area contributed by atoms with Gasteiger partial charge in [-0.25, -0.2) is 4.98 Å². The van der Waals surface area contributed by atoms with Gasteiger partial charge >= 0.3 is 11.6 Å². The maximum Gasteiger partial charge on any atom is 0.349 e. The van der Waals surface area contributed by atoms with Crippen molar-refractivity contribution in [2.75, 3.05) is 11.9 Å². The Bertz CT molecular complexity index is 646. The van der Waals surface area contributed by atoms with Gasteiger partial charge < -0.3 is 10.1 Å². The predicted octanol–water partition coefficient (Wildman–Crippen LogP) is 3.31. The van der Waals surface area contributed by atoms with Gasteiger partial charge in [0.1, 0.15) is 11.9 Å². The number of aryl methyl sites for hydroxylation is 1. The van der Waals surface area contributed by atoms with E-state index in [1.807, 2.05) is 26.0 Å². The number of nitrogens with zero attached hydrogens (tertiary/aromatic N) is 3. The van der Waals surface area contributed by atoms with Crippen LogP contribution < -0.4 is 10.1 Å². The number of aromatic nitrogens is 2.